The second-order valence-corrected chi connectivity index (χ2v) is 13.2. The Morgan fingerprint density at radius 2 is 1.26 bits per heavy atom. The highest BCUT2D eigenvalue weighted by Crippen LogP contribution is 2.49. The summed E-state index contributed by atoms with van der Waals surface area (Å²) >= 11 is 0. The molecule has 1 aliphatic carbocycles. The number of hydrogen-bond acceptors (Lipinski definition) is 7. The van der Waals surface area contributed by atoms with E-state index in [0.29, 0.717) is 4.31 Å². The Hall–Kier alpha value is -3.54. The number of aryl methyl sites for hydroxylation is 2. The summed E-state index contributed by atoms with van der Waals surface area (Å²) in [6.45, 7) is 3.76. The maximum absolute atomic E-state index is 13.7. The van der Waals surface area contributed by atoms with Crippen molar-refractivity contribution in [3.63, 3.8) is 0 Å². The van der Waals surface area contributed by atoms with Crippen molar-refractivity contribution in [3.8, 4) is 0 Å². The summed E-state index contributed by atoms with van der Waals surface area (Å²) in [6, 6.07) is 19.3. The minimum atomic E-state index is -4.67. The van der Waals surface area contributed by atoms with Gasteiger partial charge in [0.1, 0.15) is 5.54 Å². The Morgan fingerprint density at radius 3 is 1.79 bits per heavy atom. The van der Waals surface area contributed by atoms with E-state index in [1.165, 1.54) is 36.4 Å². The molecule has 0 atom stereocenters. The number of sulfonamides is 2. The fourth-order valence-corrected chi connectivity index (χ4v) is 7.83. The van der Waals surface area contributed by atoms with E-state index < -0.39 is 43.6 Å². The lowest BCUT2D eigenvalue weighted by Gasteiger charge is -2.46. The van der Waals surface area contributed by atoms with Crippen molar-refractivity contribution < 1.29 is 31.2 Å². The fraction of sp³-hybridized carbons (Fsp3) is 0.259. The number of rotatable bonds is 7. The van der Waals surface area contributed by atoms with Crippen LogP contribution in [-0.4, -0.2) is 49.0 Å². The van der Waals surface area contributed by atoms with Crippen LogP contribution in [0.15, 0.2) is 88.7 Å². The minimum Gasteiger partial charge on any atom is -0.373 e. The minimum absolute atomic E-state index is 0.0941. The highest BCUT2D eigenvalue weighted by Gasteiger charge is 2.70. The molecule has 2 aliphatic rings. The van der Waals surface area contributed by atoms with E-state index in [-0.39, 0.29) is 33.5 Å². The molecule has 0 aromatic heterocycles. The first kappa shape index (κ1) is 26.1. The molecule has 1 heterocycles. The predicted molar refractivity (Wildman–Crippen MR) is 138 cm³/mol. The van der Waals surface area contributed by atoms with E-state index in [1.54, 1.807) is 26.0 Å². The zero-order valence-corrected chi connectivity index (χ0v) is 22.4. The average molecular weight is 555 g/mol. The van der Waals surface area contributed by atoms with Crippen LogP contribution in [0.3, 0.4) is 0 Å². The maximum Gasteiger partial charge on any atom is 0.356 e. The molecule has 1 saturated carbocycles. The summed E-state index contributed by atoms with van der Waals surface area (Å²) in [7, 11) is -9.25. The number of hydrogen-bond donors (Lipinski definition) is 0. The molecule has 5 rings (SSSR count). The molecular formula is C27H26N2O7S2. The normalized spacial score (nSPS) is 21.7. The molecule has 11 heteroatoms. The monoisotopic (exact) mass is 554 g/mol. The Kier molecular flexibility index (Phi) is 6.41. The largest absolute Gasteiger partial charge is 0.373 e. The summed E-state index contributed by atoms with van der Waals surface area (Å²) in [5.74, 6) is -1.10. The standard InChI is InChI=1S/C27H26N2O7S2/c1-19-8-12-23(13-9-19)37(32,33)28-25(30)27(16-22(17-27)36-18-21-6-4-3-5-7-21)29(26(28)31)38(34,35)24-14-10-20(2)11-15-24/h3-15,22H,16-18H2,1-2H3. The zero-order valence-electron chi connectivity index (χ0n) is 20.8. The highest BCUT2D eigenvalue weighted by atomic mass is 32.2. The van der Waals surface area contributed by atoms with Crippen molar-refractivity contribution in [2.75, 3.05) is 0 Å². The number of amides is 3. The molecule has 0 N–H and O–H groups in total. The molecule has 3 aromatic rings. The van der Waals surface area contributed by atoms with Crippen LogP contribution in [0.25, 0.3) is 0 Å². The van der Waals surface area contributed by atoms with Gasteiger partial charge in [-0.25, -0.2) is 21.6 Å². The second-order valence-electron chi connectivity index (χ2n) is 9.61. The van der Waals surface area contributed by atoms with Crippen molar-refractivity contribution in [2.45, 2.75) is 54.7 Å². The third kappa shape index (κ3) is 4.20. The molecule has 0 radical (unpaired) electrons. The molecular weight excluding hydrogens is 528 g/mol. The van der Waals surface area contributed by atoms with Gasteiger partial charge in [-0.2, -0.15) is 4.31 Å². The first-order valence-electron chi connectivity index (χ1n) is 11.9. The molecule has 1 saturated heterocycles. The Balaban J connectivity index is 1.52. The molecule has 2 fully saturated rings. The lowest BCUT2D eigenvalue weighted by molar-refractivity contribution is -0.143. The van der Waals surface area contributed by atoms with Crippen molar-refractivity contribution in [1.82, 2.24) is 8.61 Å². The van der Waals surface area contributed by atoms with Gasteiger partial charge in [-0.3, -0.25) is 4.79 Å². The first-order chi connectivity index (χ1) is 18.0. The lowest BCUT2D eigenvalue weighted by atomic mass is 9.74. The Morgan fingerprint density at radius 1 is 0.763 bits per heavy atom. The quantitative estimate of drug-likeness (QED) is 0.408. The van der Waals surface area contributed by atoms with E-state index in [2.05, 4.69) is 0 Å². The number of carbonyl (C=O) groups excluding carboxylic acids is 2. The van der Waals surface area contributed by atoms with Crippen LogP contribution < -0.4 is 0 Å². The third-order valence-corrected chi connectivity index (χ3v) is 10.4. The highest BCUT2D eigenvalue weighted by molar-refractivity contribution is 7.91. The van der Waals surface area contributed by atoms with Gasteiger partial charge >= 0.3 is 6.03 Å². The van der Waals surface area contributed by atoms with Crippen LogP contribution in [0.1, 0.15) is 29.5 Å². The maximum atomic E-state index is 13.7. The molecule has 0 bridgehead atoms. The predicted octanol–water partition coefficient (Wildman–Crippen LogP) is 3.76. The Labute approximate surface area is 221 Å². The summed E-state index contributed by atoms with van der Waals surface area (Å²) in [5, 5.41) is 0. The number of nitrogens with zero attached hydrogens (tertiary/aromatic N) is 2. The first-order valence-corrected chi connectivity index (χ1v) is 14.8. The smallest absolute Gasteiger partial charge is 0.356 e. The van der Waals surface area contributed by atoms with Crippen molar-refractivity contribution >= 4 is 32.0 Å². The van der Waals surface area contributed by atoms with Gasteiger partial charge in [0, 0.05) is 12.8 Å². The van der Waals surface area contributed by atoms with Crippen molar-refractivity contribution in [1.29, 1.82) is 0 Å². The van der Waals surface area contributed by atoms with E-state index in [0.717, 1.165) is 16.7 Å². The van der Waals surface area contributed by atoms with E-state index in [9.17, 15) is 26.4 Å². The third-order valence-electron chi connectivity index (χ3n) is 6.90. The van der Waals surface area contributed by atoms with Gasteiger partial charge in [-0.05, 0) is 43.7 Å². The summed E-state index contributed by atoms with van der Waals surface area (Å²) in [5.41, 5.74) is 0.555. The summed E-state index contributed by atoms with van der Waals surface area (Å²) in [4.78, 5) is 26.8. The molecule has 9 nitrogen and oxygen atoms in total. The lowest BCUT2D eigenvalue weighted by Crippen LogP contribution is -2.62. The van der Waals surface area contributed by atoms with Gasteiger partial charge in [0.2, 0.25) is 0 Å². The summed E-state index contributed by atoms with van der Waals surface area (Å²) in [6.07, 6.45) is -0.866. The molecule has 1 aliphatic heterocycles. The fourth-order valence-electron chi connectivity index (χ4n) is 4.74. The van der Waals surface area contributed by atoms with Crippen LogP contribution in [0.5, 0.6) is 0 Å². The SMILES string of the molecule is Cc1ccc(S(=O)(=O)N2C(=O)N(S(=O)(=O)c3ccc(C)cc3)C3(CC(OCc4ccccc4)C3)C2=O)cc1. The number of carbonyl (C=O) groups is 2. The molecule has 198 valence electrons. The molecule has 1 spiro atoms. The zero-order chi connectivity index (χ0) is 27.3. The van der Waals surface area contributed by atoms with E-state index >= 15 is 0 Å². The van der Waals surface area contributed by atoms with Gasteiger partial charge in [0.25, 0.3) is 26.0 Å². The molecule has 3 amide bonds. The second kappa shape index (κ2) is 9.33. The average Bonchev–Trinajstić information content (AvgIpc) is 3.10. The molecule has 38 heavy (non-hydrogen) atoms. The number of imide groups is 1. The van der Waals surface area contributed by atoms with Gasteiger partial charge in [0.15, 0.2) is 0 Å². The van der Waals surface area contributed by atoms with Gasteiger partial charge < -0.3 is 4.74 Å². The number of ether oxygens (including phenoxy) is 1. The van der Waals surface area contributed by atoms with Crippen LogP contribution in [0.4, 0.5) is 4.79 Å². The van der Waals surface area contributed by atoms with Gasteiger partial charge in [-0.1, -0.05) is 65.7 Å². The van der Waals surface area contributed by atoms with Crippen LogP contribution >= 0.6 is 0 Å². The topological polar surface area (TPSA) is 118 Å². The summed E-state index contributed by atoms with van der Waals surface area (Å²) < 4.78 is 60.8. The van der Waals surface area contributed by atoms with Crippen LogP contribution in [0, 0.1) is 13.8 Å². The Bertz CT molecular complexity index is 1600. The van der Waals surface area contributed by atoms with Gasteiger partial charge in [-0.15, -0.1) is 4.31 Å². The van der Waals surface area contributed by atoms with Crippen molar-refractivity contribution in [2.24, 2.45) is 0 Å². The van der Waals surface area contributed by atoms with Crippen molar-refractivity contribution in [3.05, 3.63) is 95.6 Å². The van der Waals surface area contributed by atoms with E-state index in [4.69, 9.17) is 4.74 Å². The van der Waals surface area contributed by atoms with Crippen LogP contribution in [0.2, 0.25) is 0 Å². The molecule has 3 aromatic carbocycles. The van der Waals surface area contributed by atoms with Gasteiger partial charge in [0.05, 0.1) is 22.5 Å². The molecule has 0 unspecified atom stereocenters. The number of benzene rings is 3. The number of urea groups is 1. The van der Waals surface area contributed by atoms with E-state index in [1.807, 2.05) is 30.3 Å². The van der Waals surface area contributed by atoms with Crippen LogP contribution in [-0.2, 0) is 36.2 Å².